The van der Waals surface area contributed by atoms with Crippen LogP contribution in [0.5, 0.6) is 0 Å². The number of nitrogens with zero attached hydrogens (tertiary/aromatic N) is 2. The first kappa shape index (κ1) is 15.4. The Morgan fingerprint density at radius 2 is 1.80 bits per heavy atom. The molecule has 4 aromatic rings. The molecular formula is C22H19N2O+. The Hall–Kier alpha value is -3.12. The molecule has 3 heteroatoms. The lowest BCUT2D eigenvalue weighted by atomic mass is 9.96. The Morgan fingerprint density at radius 3 is 2.56 bits per heavy atom. The summed E-state index contributed by atoms with van der Waals surface area (Å²) in [6.45, 7) is 6.38. The Kier molecular flexibility index (Phi) is 3.36. The third kappa shape index (κ3) is 2.22. The number of rotatable bonds is 1. The van der Waals surface area contributed by atoms with Gasteiger partial charge in [-0.2, -0.15) is 5.26 Å². The summed E-state index contributed by atoms with van der Waals surface area (Å²) in [6.07, 6.45) is 2.16. The van der Waals surface area contributed by atoms with E-state index in [0.717, 1.165) is 27.6 Å². The zero-order valence-corrected chi connectivity index (χ0v) is 14.8. The van der Waals surface area contributed by atoms with E-state index >= 15 is 0 Å². The molecule has 0 atom stereocenters. The predicted molar refractivity (Wildman–Crippen MR) is 99.3 cm³/mol. The summed E-state index contributed by atoms with van der Waals surface area (Å²) < 4.78 is 8.22. The van der Waals surface area contributed by atoms with Gasteiger partial charge < -0.3 is 4.42 Å². The Balaban J connectivity index is 2.20. The van der Waals surface area contributed by atoms with Gasteiger partial charge in [-0.3, -0.25) is 0 Å². The summed E-state index contributed by atoms with van der Waals surface area (Å²) in [5, 5.41) is 11.5. The van der Waals surface area contributed by atoms with Crippen LogP contribution in [0, 0.1) is 32.1 Å². The Morgan fingerprint density at radius 1 is 1.00 bits per heavy atom. The topological polar surface area (TPSA) is 40.8 Å². The van der Waals surface area contributed by atoms with Gasteiger partial charge in [0.25, 0.3) is 0 Å². The summed E-state index contributed by atoms with van der Waals surface area (Å²) in [5.74, 6) is 0. The van der Waals surface area contributed by atoms with Gasteiger partial charge in [0, 0.05) is 22.4 Å². The van der Waals surface area contributed by atoms with Gasteiger partial charge in [-0.05, 0) is 44.0 Å². The molecule has 0 bridgehead atoms. The maximum absolute atomic E-state index is 9.40. The van der Waals surface area contributed by atoms with Gasteiger partial charge in [-0.15, -0.1) is 0 Å². The molecule has 2 aromatic heterocycles. The van der Waals surface area contributed by atoms with E-state index in [4.69, 9.17) is 4.42 Å². The van der Waals surface area contributed by atoms with E-state index in [0.29, 0.717) is 11.1 Å². The average Bonchev–Trinajstić information content (AvgIpc) is 2.97. The van der Waals surface area contributed by atoms with Crippen molar-refractivity contribution < 1.29 is 8.98 Å². The molecule has 0 saturated carbocycles. The number of para-hydroxylation sites is 1. The molecule has 2 heterocycles. The fraction of sp³-hybridized carbons (Fsp3) is 0.182. The van der Waals surface area contributed by atoms with Crippen LogP contribution in [0.1, 0.15) is 22.3 Å². The molecule has 122 valence electrons. The molecule has 4 rings (SSSR count). The Labute approximate surface area is 146 Å². The van der Waals surface area contributed by atoms with Crippen LogP contribution in [-0.4, -0.2) is 0 Å². The van der Waals surface area contributed by atoms with E-state index < -0.39 is 0 Å². The molecule has 0 spiro atoms. The first-order valence-electron chi connectivity index (χ1n) is 8.33. The highest BCUT2D eigenvalue weighted by molar-refractivity contribution is 6.13. The third-order valence-electron chi connectivity index (χ3n) is 4.99. The molecule has 25 heavy (non-hydrogen) atoms. The summed E-state index contributed by atoms with van der Waals surface area (Å²) in [7, 11) is 2.07. The zero-order chi connectivity index (χ0) is 17.7. The number of pyridine rings is 1. The lowest BCUT2D eigenvalue weighted by Crippen LogP contribution is -2.31. The molecule has 2 aromatic carbocycles. The molecule has 0 unspecified atom stereocenters. The minimum atomic E-state index is 0.571. The van der Waals surface area contributed by atoms with Crippen LogP contribution in [0.25, 0.3) is 33.2 Å². The number of nitriles is 1. The number of fused-ring (bicyclic) bond motifs is 3. The summed E-state index contributed by atoms with van der Waals surface area (Å²) >= 11 is 0. The minimum Gasteiger partial charge on any atom is -0.455 e. The number of hydrogen-bond acceptors (Lipinski definition) is 2. The maximum Gasteiger partial charge on any atom is 0.213 e. The average molecular weight is 327 g/mol. The van der Waals surface area contributed by atoms with Gasteiger partial charge in [0.1, 0.15) is 18.7 Å². The molecule has 0 amide bonds. The van der Waals surface area contributed by atoms with E-state index in [1.54, 1.807) is 6.07 Å². The number of benzene rings is 2. The molecule has 0 fully saturated rings. The van der Waals surface area contributed by atoms with Crippen molar-refractivity contribution in [2.75, 3.05) is 0 Å². The van der Waals surface area contributed by atoms with Crippen LogP contribution < -0.4 is 4.57 Å². The quantitative estimate of drug-likeness (QED) is 0.468. The number of hydrogen-bond donors (Lipinski definition) is 0. The summed E-state index contributed by atoms with van der Waals surface area (Å²) in [4.78, 5) is 0. The van der Waals surface area contributed by atoms with E-state index in [-0.39, 0.29) is 0 Å². The van der Waals surface area contributed by atoms with Crippen molar-refractivity contribution in [3.8, 4) is 17.3 Å². The van der Waals surface area contributed by atoms with Gasteiger partial charge in [-0.25, -0.2) is 4.57 Å². The SMILES string of the molecule is Cc1cc(-c2c(C)ccc3oc4c(C#N)cccc4c23)[n+](C)cc1C. The molecule has 0 saturated heterocycles. The van der Waals surface area contributed by atoms with Crippen LogP contribution in [-0.2, 0) is 7.05 Å². The lowest BCUT2D eigenvalue weighted by Gasteiger charge is -2.08. The van der Waals surface area contributed by atoms with E-state index in [2.05, 4.69) is 56.8 Å². The second kappa shape index (κ2) is 5.46. The van der Waals surface area contributed by atoms with Crippen molar-refractivity contribution in [1.82, 2.24) is 0 Å². The van der Waals surface area contributed by atoms with Gasteiger partial charge in [0.2, 0.25) is 5.69 Å². The maximum atomic E-state index is 9.40. The van der Waals surface area contributed by atoms with Crippen molar-refractivity contribution in [3.63, 3.8) is 0 Å². The van der Waals surface area contributed by atoms with Crippen LogP contribution in [0.2, 0.25) is 0 Å². The van der Waals surface area contributed by atoms with Crippen LogP contribution in [0.3, 0.4) is 0 Å². The monoisotopic (exact) mass is 327 g/mol. The van der Waals surface area contributed by atoms with Gasteiger partial charge in [-0.1, -0.05) is 18.2 Å². The molecule has 3 nitrogen and oxygen atoms in total. The summed E-state index contributed by atoms with van der Waals surface area (Å²) in [5.41, 5.74) is 8.08. The van der Waals surface area contributed by atoms with Crippen molar-refractivity contribution >= 4 is 21.9 Å². The lowest BCUT2D eigenvalue weighted by molar-refractivity contribution is -0.660. The smallest absolute Gasteiger partial charge is 0.213 e. The highest BCUT2D eigenvalue weighted by Gasteiger charge is 2.22. The highest BCUT2D eigenvalue weighted by atomic mass is 16.3. The van der Waals surface area contributed by atoms with E-state index in [9.17, 15) is 5.26 Å². The first-order chi connectivity index (χ1) is 12.0. The van der Waals surface area contributed by atoms with Gasteiger partial charge in [0.15, 0.2) is 11.8 Å². The van der Waals surface area contributed by atoms with Crippen LogP contribution in [0.4, 0.5) is 0 Å². The van der Waals surface area contributed by atoms with E-state index in [1.165, 1.54) is 16.7 Å². The fourth-order valence-electron chi connectivity index (χ4n) is 3.54. The van der Waals surface area contributed by atoms with Crippen LogP contribution >= 0.6 is 0 Å². The van der Waals surface area contributed by atoms with Gasteiger partial charge in [0.05, 0.1) is 11.1 Å². The Bertz CT molecular complexity index is 1190. The number of aryl methyl sites for hydroxylation is 4. The molecule has 0 aliphatic rings. The predicted octanol–water partition coefficient (Wildman–Crippen LogP) is 4.87. The normalized spacial score (nSPS) is 11.2. The first-order valence-corrected chi connectivity index (χ1v) is 8.33. The molecule has 0 N–H and O–H groups in total. The van der Waals surface area contributed by atoms with Crippen LogP contribution in [0.15, 0.2) is 47.0 Å². The number of furan rings is 1. The van der Waals surface area contributed by atoms with Crippen molar-refractivity contribution in [2.45, 2.75) is 20.8 Å². The standard InChI is InChI=1S/C22H19N2O/c1-13-8-9-19-21(17-7-5-6-16(11-23)22(17)25-19)20(13)18-10-14(2)15(3)12-24(18)4/h5-10,12H,1-4H3/q+1. The molecule has 0 aliphatic heterocycles. The minimum absolute atomic E-state index is 0.571. The second-order valence-corrected chi connectivity index (χ2v) is 6.66. The second-order valence-electron chi connectivity index (χ2n) is 6.66. The molecular weight excluding hydrogens is 308 g/mol. The molecule has 0 radical (unpaired) electrons. The van der Waals surface area contributed by atoms with Crippen molar-refractivity contribution in [2.24, 2.45) is 7.05 Å². The fourth-order valence-corrected chi connectivity index (χ4v) is 3.54. The molecule has 0 aliphatic carbocycles. The van der Waals surface area contributed by atoms with E-state index in [1.807, 2.05) is 18.2 Å². The number of aromatic nitrogens is 1. The third-order valence-corrected chi connectivity index (χ3v) is 4.99. The zero-order valence-electron chi connectivity index (χ0n) is 14.8. The summed E-state index contributed by atoms with van der Waals surface area (Å²) in [6, 6.07) is 14.3. The van der Waals surface area contributed by atoms with Gasteiger partial charge >= 0.3 is 0 Å². The largest absolute Gasteiger partial charge is 0.455 e. The van der Waals surface area contributed by atoms with Crippen molar-refractivity contribution in [1.29, 1.82) is 5.26 Å². The van der Waals surface area contributed by atoms with Crippen molar-refractivity contribution in [3.05, 3.63) is 64.8 Å². The highest BCUT2D eigenvalue weighted by Crippen LogP contribution is 2.38.